The molecule has 0 saturated carbocycles. The fraction of sp³-hybridized carbons (Fsp3) is 0.360. The van der Waals surface area contributed by atoms with E-state index in [-0.39, 0.29) is 45.2 Å². The highest BCUT2D eigenvalue weighted by atomic mass is 35.5. The number of carbonyl (C=O) groups excluding carboxylic acids is 3. The summed E-state index contributed by atoms with van der Waals surface area (Å²) in [7, 11) is 0. The van der Waals surface area contributed by atoms with E-state index in [4.69, 9.17) is 16.3 Å². The van der Waals surface area contributed by atoms with Gasteiger partial charge in [-0.2, -0.15) is 0 Å². The van der Waals surface area contributed by atoms with Gasteiger partial charge in [0.1, 0.15) is 0 Å². The van der Waals surface area contributed by atoms with Crippen LogP contribution in [0.4, 0.5) is 0 Å². The first-order chi connectivity index (χ1) is 16.0. The summed E-state index contributed by atoms with van der Waals surface area (Å²) in [6, 6.07) is 9.74. The molecule has 1 saturated heterocycles. The molecule has 0 N–H and O–H groups in total. The van der Waals surface area contributed by atoms with Crippen LogP contribution in [0.15, 0.2) is 41.4 Å². The first kappa shape index (κ1) is 23.7. The van der Waals surface area contributed by atoms with E-state index in [1.807, 2.05) is 13.8 Å². The average Bonchev–Trinajstić information content (AvgIpc) is 3.24. The number of hydrogen-bond acceptors (Lipinski definition) is 6. The van der Waals surface area contributed by atoms with Crippen molar-refractivity contribution in [3.8, 4) is 0 Å². The topological polar surface area (TPSA) is 76.0 Å². The third kappa shape index (κ3) is 4.37. The number of nitrogens with zero attached hydrogens (tertiary/aromatic N) is 2. The van der Waals surface area contributed by atoms with Gasteiger partial charge in [-0.1, -0.05) is 54.6 Å². The number of aliphatic imine (C=N–C) groups is 1. The third-order valence-electron chi connectivity index (χ3n) is 5.82. The van der Waals surface area contributed by atoms with Gasteiger partial charge in [0.2, 0.25) is 0 Å². The van der Waals surface area contributed by atoms with Gasteiger partial charge in [0.15, 0.2) is 16.7 Å². The number of fused-ring (bicyclic) bond motifs is 2. The highest BCUT2D eigenvalue weighted by Gasteiger charge is 2.38. The lowest BCUT2D eigenvalue weighted by Gasteiger charge is -2.25. The van der Waals surface area contributed by atoms with E-state index >= 15 is 0 Å². The van der Waals surface area contributed by atoms with E-state index in [1.54, 1.807) is 47.0 Å². The predicted molar refractivity (Wildman–Crippen MR) is 131 cm³/mol. The molecule has 172 valence electrons. The van der Waals surface area contributed by atoms with Crippen molar-refractivity contribution in [3.63, 3.8) is 0 Å². The van der Waals surface area contributed by atoms with Crippen LogP contribution in [0.2, 0.25) is 5.02 Å². The van der Waals surface area contributed by atoms with E-state index in [2.05, 4.69) is 4.99 Å². The average molecular weight is 485 g/mol. The van der Waals surface area contributed by atoms with E-state index in [0.717, 1.165) is 18.6 Å². The molecule has 1 aliphatic heterocycles. The third-order valence-corrected chi connectivity index (χ3v) is 7.35. The zero-order valence-electron chi connectivity index (χ0n) is 18.6. The number of amides is 1. The van der Waals surface area contributed by atoms with E-state index in [9.17, 15) is 14.4 Å². The summed E-state index contributed by atoms with van der Waals surface area (Å²) in [5, 5.41) is 0.678. The van der Waals surface area contributed by atoms with Crippen molar-refractivity contribution < 1.29 is 19.1 Å². The molecule has 1 fully saturated rings. The van der Waals surface area contributed by atoms with Gasteiger partial charge in [0, 0.05) is 48.2 Å². The fourth-order valence-electron chi connectivity index (χ4n) is 4.07. The number of carbonyl (C=O) groups is 3. The molecule has 0 spiro atoms. The maximum Gasteiger partial charge on any atom is 0.261 e. The Bertz CT molecular complexity index is 1150. The minimum absolute atomic E-state index is 0.0155. The maximum absolute atomic E-state index is 13.6. The van der Waals surface area contributed by atoms with Gasteiger partial charge in [-0.05, 0) is 31.9 Å². The number of amidine groups is 1. The normalized spacial score (nSPS) is 18.6. The molecule has 8 heteroatoms. The van der Waals surface area contributed by atoms with Gasteiger partial charge in [-0.3, -0.25) is 24.3 Å². The number of ether oxygens (including phenoxy) is 1. The Labute approximate surface area is 202 Å². The molecule has 2 aromatic rings. The Morgan fingerprint density at radius 2 is 1.85 bits per heavy atom. The molecule has 2 aromatic carbocycles. The summed E-state index contributed by atoms with van der Waals surface area (Å²) < 4.78 is 5.36. The molecule has 1 atom stereocenters. The summed E-state index contributed by atoms with van der Waals surface area (Å²) in [5.74, 6) is -0.157. The molecule has 0 aromatic heterocycles. The second-order valence-electron chi connectivity index (χ2n) is 7.82. The lowest BCUT2D eigenvalue weighted by atomic mass is 9.83. The molecule has 1 amide bonds. The molecule has 1 aliphatic carbocycles. The SMILES string of the molecule is CCOCCCN=C1SCC(CC)N1C(=O)c1ccc2c(c1Cl)C(=O)c1ccccc1C2=O. The van der Waals surface area contributed by atoms with Gasteiger partial charge >= 0.3 is 0 Å². The van der Waals surface area contributed by atoms with Crippen LogP contribution < -0.4 is 0 Å². The quantitative estimate of drug-likeness (QED) is 0.447. The van der Waals surface area contributed by atoms with Crippen molar-refractivity contribution in [2.75, 3.05) is 25.5 Å². The predicted octanol–water partition coefficient (Wildman–Crippen LogP) is 4.87. The van der Waals surface area contributed by atoms with Crippen LogP contribution in [0.25, 0.3) is 0 Å². The Hall–Kier alpha value is -2.48. The second-order valence-corrected chi connectivity index (χ2v) is 9.18. The van der Waals surface area contributed by atoms with Crippen molar-refractivity contribution >= 4 is 46.0 Å². The molecular formula is C25H25ClN2O4S. The zero-order valence-corrected chi connectivity index (χ0v) is 20.2. The second kappa shape index (κ2) is 10.2. The Balaban J connectivity index is 1.67. The van der Waals surface area contributed by atoms with Crippen LogP contribution in [0, 0.1) is 0 Å². The van der Waals surface area contributed by atoms with Gasteiger partial charge < -0.3 is 4.74 Å². The smallest absolute Gasteiger partial charge is 0.261 e. The number of hydrogen-bond donors (Lipinski definition) is 0. The van der Waals surface area contributed by atoms with E-state index < -0.39 is 0 Å². The van der Waals surface area contributed by atoms with Gasteiger partial charge in [-0.25, -0.2) is 0 Å². The number of benzene rings is 2. The van der Waals surface area contributed by atoms with Crippen LogP contribution >= 0.6 is 23.4 Å². The molecule has 4 rings (SSSR count). The first-order valence-corrected chi connectivity index (χ1v) is 12.4. The van der Waals surface area contributed by atoms with E-state index in [0.29, 0.717) is 36.1 Å². The van der Waals surface area contributed by atoms with Gasteiger partial charge in [0.25, 0.3) is 5.91 Å². The summed E-state index contributed by atoms with van der Waals surface area (Å²) in [5.41, 5.74) is 1.20. The number of thioether (sulfide) groups is 1. The first-order valence-electron chi connectivity index (χ1n) is 11.1. The maximum atomic E-state index is 13.6. The number of rotatable bonds is 7. The summed E-state index contributed by atoms with van der Waals surface area (Å²) in [6.45, 7) is 5.82. The number of ketones is 2. The van der Waals surface area contributed by atoms with Gasteiger partial charge in [0.05, 0.1) is 16.1 Å². The van der Waals surface area contributed by atoms with Crippen molar-refractivity contribution in [3.05, 3.63) is 69.2 Å². The summed E-state index contributed by atoms with van der Waals surface area (Å²) >= 11 is 8.19. The standard InChI is InChI=1S/C25H25ClN2O4S/c1-3-15-14-33-25(27-12-7-13-32-4-2)28(15)24(31)19-11-10-18-20(21(19)26)23(30)17-9-6-5-8-16(17)22(18)29/h5-6,8-11,15H,3-4,7,12-14H2,1-2H3. The molecule has 6 nitrogen and oxygen atoms in total. The van der Waals surface area contributed by atoms with Crippen LogP contribution in [-0.2, 0) is 4.74 Å². The minimum Gasteiger partial charge on any atom is -0.382 e. The molecule has 33 heavy (non-hydrogen) atoms. The lowest BCUT2D eigenvalue weighted by molar-refractivity contribution is 0.0818. The molecule has 2 aliphatic rings. The number of halogens is 1. The van der Waals surface area contributed by atoms with Crippen molar-refractivity contribution in [2.24, 2.45) is 4.99 Å². The Kier molecular flexibility index (Phi) is 7.32. The van der Waals surface area contributed by atoms with Crippen molar-refractivity contribution in [1.82, 2.24) is 4.90 Å². The zero-order chi connectivity index (χ0) is 23.5. The minimum atomic E-state index is -0.340. The summed E-state index contributed by atoms with van der Waals surface area (Å²) in [6.07, 6.45) is 1.54. The van der Waals surface area contributed by atoms with Crippen LogP contribution in [0.3, 0.4) is 0 Å². The van der Waals surface area contributed by atoms with Gasteiger partial charge in [-0.15, -0.1) is 0 Å². The molecule has 0 bridgehead atoms. The Morgan fingerprint density at radius 1 is 1.12 bits per heavy atom. The monoisotopic (exact) mass is 484 g/mol. The van der Waals surface area contributed by atoms with Crippen LogP contribution in [0.5, 0.6) is 0 Å². The molecular weight excluding hydrogens is 460 g/mol. The molecule has 1 heterocycles. The highest BCUT2D eigenvalue weighted by Crippen LogP contribution is 2.36. The van der Waals surface area contributed by atoms with E-state index in [1.165, 1.54) is 6.07 Å². The van der Waals surface area contributed by atoms with Crippen molar-refractivity contribution in [1.29, 1.82) is 0 Å². The largest absolute Gasteiger partial charge is 0.382 e. The van der Waals surface area contributed by atoms with Crippen LogP contribution in [0.1, 0.15) is 68.9 Å². The fourth-order valence-corrected chi connectivity index (χ4v) is 5.68. The Morgan fingerprint density at radius 3 is 2.55 bits per heavy atom. The molecule has 0 radical (unpaired) electrons. The molecule has 1 unspecified atom stereocenters. The highest BCUT2D eigenvalue weighted by molar-refractivity contribution is 8.14. The van der Waals surface area contributed by atoms with Crippen molar-refractivity contribution in [2.45, 2.75) is 32.7 Å². The summed E-state index contributed by atoms with van der Waals surface area (Å²) in [4.78, 5) is 46.1. The lowest BCUT2D eigenvalue weighted by Crippen LogP contribution is -2.39. The van der Waals surface area contributed by atoms with Crippen LogP contribution in [-0.4, -0.2) is 59.1 Å².